The maximum absolute atomic E-state index is 12.6. The molecule has 5 heterocycles. The van der Waals surface area contributed by atoms with E-state index >= 15 is 0 Å². The van der Waals surface area contributed by atoms with Crippen LogP contribution in [0.5, 0.6) is 0 Å². The smallest absolute Gasteiger partial charge is 0.410 e. The van der Waals surface area contributed by atoms with Gasteiger partial charge in [-0.2, -0.15) is 5.10 Å². The second-order valence-corrected chi connectivity index (χ2v) is 21.4. The lowest BCUT2D eigenvalue weighted by molar-refractivity contribution is -0.384. The van der Waals surface area contributed by atoms with E-state index in [9.17, 15) is 14.9 Å². The number of non-ortho nitro benzene ring substituents is 1. The predicted molar refractivity (Wildman–Crippen MR) is 185 cm³/mol. The molecule has 0 saturated carbocycles. The van der Waals surface area contributed by atoms with Crippen LogP contribution < -0.4 is 0 Å². The van der Waals surface area contributed by atoms with Crippen LogP contribution >= 0.6 is 0 Å². The van der Waals surface area contributed by atoms with Crippen LogP contribution in [0.1, 0.15) is 70.5 Å². The first-order valence-corrected chi connectivity index (χ1v) is 21.1. The van der Waals surface area contributed by atoms with E-state index in [2.05, 4.69) is 29.1 Å². The van der Waals surface area contributed by atoms with Crippen LogP contribution in [-0.2, 0) is 34.0 Å². The van der Waals surface area contributed by atoms with Crippen molar-refractivity contribution in [3.05, 3.63) is 39.7 Å². The number of fused-ring (bicyclic) bond motifs is 2. The molecule has 2 fully saturated rings. The second kappa shape index (κ2) is 13.9. The minimum Gasteiger partial charge on any atom is -0.444 e. The van der Waals surface area contributed by atoms with Gasteiger partial charge in [0, 0.05) is 71.5 Å². The summed E-state index contributed by atoms with van der Waals surface area (Å²) in [4.78, 5) is 33.5. The third kappa shape index (κ3) is 7.93. The number of nitro groups is 1. The van der Waals surface area contributed by atoms with Crippen LogP contribution in [0.3, 0.4) is 0 Å². The maximum Gasteiger partial charge on any atom is 0.410 e. The molecule has 13 nitrogen and oxygen atoms in total. The topological polar surface area (TPSA) is 130 Å². The van der Waals surface area contributed by atoms with Gasteiger partial charge in [-0.1, -0.05) is 19.6 Å². The van der Waals surface area contributed by atoms with E-state index in [1.54, 1.807) is 12.1 Å². The second-order valence-electron chi connectivity index (χ2n) is 15.8. The van der Waals surface area contributed by atoms with E-state index < -0.39 is 13.7 Å². The number of nitro benzene ring substituents is 1. The highest BCUT2D eigenvalue weighted by Gasteiger charge is 2.34. The number of ether oxygens (including phenoxy) is 3. The number of piperidine rings is 1. The summed E-state index contributed by atoms with van der Waals surface area (Å²) in [5, 5.41) is 17.6. The highest BCUT2D eigenvalue weighted by atomic mass is 28.3. The molecule has 6 rings (SSSR count). The first-order chi connectivity index (χ1) is 22.8. The lowest BCUT2D eigenvalue weighted by Gasteiger charge is -2.34. The lowest BCUT2D eigenvalue weighted by Crippen LogP contribution is -2.43. The standard InChI is InChI=1S/C34H51N7O6Si/c1-34(2,3)47-33(42)38-14-12-24(13-15-38)20-37-21-27-29(22-37)39(23-45-17-18-48(4,5)6)32(35-27)31-26-19-25(41(43)44)10-11-28(26)40(36-31)30-9-7-8-16-46-30/h10-11,19,24,30H,7-9,12-18,20-23H2,1-6H3. The normalized spacial score (nSPS) is 19.6. The Morgan fingerprint density at radius 2 is 1.90 bits per heavy atom. The van der Waals surface area contributed by atoms with Crippen LogP contribution in [0, 0.1) is 16.0 Å². The number of benzene rings is 1. The van der Waals surface area contributed by atoms with Crippen LogP contribution in [0.25, 0.3) is 22.4 Å². The van der Waals surface area contributed by atoms with Gasteiger partial charge in [0.15, 0.2) is 12.1 Å². The van der Waals surface area contributed by atoms with Crippen molar-refractivity contribution in [2.24, 2.45) is 5.92 Å². The van der Waals surface area contributed by atoms with Crippen molar-refractivity contribution in [2.45, 2.75) is 110 Å². The van der Waals surface area contributed by atoms with Gasteiger partial charge in [0.1, 0.15) is 18.0 Å². The van der Waals surface area contributed by atoms with E-state index in [-0.39, 0.29) is 22.9 Å². The number of aromatic nitrogens is 4. The minimum atomic E-state index is -1.29. The Morgan fingerprint density at radius 1 is 1.12 bits per heavy atom. The Bertz CT molecular complexity index is 1630. The third-order valence-electron chi connectivity index (χ3n) is 9.44. The average molecular weight is 682 g/mol. The van der Waals surface area contributed by atoms with E-state index in [0.717, 1.165) is 68.1 Å². The quantitative estimate of drug-likeness (QED) is 0.0984. The molecule has 3 aliphatic heterocycles. The zero-order valence-corrected chi connectivity index (χ0v) is 30.4. The van der Waals surface area contributed by atoms with Crippen molar-refractivity contribution in [3.63, 3.8) is 0 Å². The van der Waals surface area contributed by atoms with Gasteiger partial charge in [-0.25, -0.2) is 14.5 Å². The van der Waals surface area contributed by atoms with Crippen LogP contribution in [-0.4, -0.2) is 86.7 Å². The van der Waals surface area contributed by atoms with Crippen molar-refractivity contribution >= 4 is 30.8 Å². The largest absolute Gasteiger partial charge is 0.444 e. The molecule has 0 radical (unpaired) electrons. The molecular formula is C34H51N7O6Si. The van der Waals surface area contributed by atoms with Gasteiger partial charge in [-0.3, -0.25) is 15.0 Å². The van der Waals surface area contributed by atoms with Gasteiger partial charge >= 0.3 is 6.09 Å². The molecule has 0 N–H and O–H groups in total. The summed E-state index contributed by atoms with van der Waals surface area (Å²) in [6.07, 6.45) is 4.30. The summed E-state index contributed by atoms with van der Waals surface area (Å²) in [5.74, 6) is 1.16. The summed E-state index contributed by atoms with van der Waals surface area (Å²) >= 11 is 0. The molecular weight excluding hydrogens is 631 g/mol. The monoisotopic (exact) mass is 681 g/mol. The molecule has 0 aliphatic carbocycles. The Labute approximate surface area is 283 Å². The van der Waals surface area contributed by atoms with Crippen molar-refractivity contribution in [1.82, 2.24) is 29.1 Å². The number of amides is 1. The Kier molecular flexibility index (Phi) is 9.99. The molecule has 3 aromatic rings. The molecule has 0 bridgehead atoms. The Balaban J connectivity index is 1.25. The highest BCUT2D eigenvalue weighted by molar-refractivity contribution is 6.76. The van der Waals surface area contributed by atoms with Crippen molar-refractivity contribution in [2.75, 3.05) is 32.8 Å². The van der Waals surface area contributed by atoms with Crippen LogP contribution in [0.15, 0.2) is 18.2 Å². The summed E-state index contributed by atoms with van der Waals surface area (Å²) in [6.45, 7) is 18.1. The first-order valence-electron chi connectivity index (χ1n) is 17.4. The molecule has 1 amide bonds. The molecule has 2 aromatic heterocycles. The number of carbonyl (C=O) groups excluding carboxylic acids is 1. The first kappa shape index (κ1) is 34.5. The fourth-order valence-electron chi connectivity index (χ4n) is 6.84. The van der Waals surface area contributed by atoms with Crippen LogP contribution in [0.4, 0.5) is 10.5 Å². The van der Waals surface area contributed by atoms with Gasteiger partial charge in [-0.15, -0.1) is 0 Å². The molecule has 48 heavy (non-hydrogen) atoms. The molecule has 2 saturated heterocycles. The number of hydrogen-bond donors (Lipinski definition) is 0. The highest BCUT2D eigenvalue weighted by Crippen LogP contribution is 2.37. The van der Waals surface area contributed by atoms with Gasteiger partial charge in [0.05, 0.1) is 21.8 Å². The minimum absolute atomic E-state index is 0.0220. The number of hydrogen-bond acceptors (Lipinski definition) is 9. The molecule has 0 spiro atoms. The summed E-state index contributed by atoms with van der Waals surface area (Å²) in [5.41, 5.74) is 3.04. The fourth-order valence-corrected chi connectivity index (χ4v) is 7.59. The molecule has 14 heteroatoms. The zero-order chi connectivity index (χ0) is 34.2. The Morgan fingerprint density at radius 3 is 2.56 bits per heavy atom. The van der Waals surface area contributed by atoms with Gasteiger partial charge < -0.3 is 23.7 Å². The summed E-state index contributed by atoms with van der Waals surface area (Å²) in [7, 11) is -1.29. The Hall–Kier alpha value is -3.33. The average Bonchev–Trinajstić information content (AvgIpc) is 3.69. The number of carbonyl (C=O) groups is 1. The molecule has 1 aromatic carbocycles. The zero-order valence-electron chi connectivity index (χ0n) is 29.4. The number of rotatable bonds is 10. The fraction of sp³-hybridized carbons (Fsp3) is 0.676. The summed E-state index contributed by atoms with van der Waals surface area (Å²) in [6, 6.07) is 5.98. The molecule has 262 valence electrons. The number of nitrogens with zero attached hydrogens (tertiary/aromatic N) is 7. The van der Waals surface area contributed by atoms with Crippen molar-refractivity contribution in [1.29, 1.82) is 0 Å². The van der Waals surface area contributed by atoms with E-state index in [1.165, 1.54) is 6.07 Å². The lowest BCUT2D eigenvalue weighted by atomic mass is 9.96. The van der Waals surface area contributed by atoms with Gasteiger partial charge in [0.25, 0.3) is 5.69 Å². The van der Waals surface area contributed by atoms with Gasteiger partial charge in [-0.05, 0) is 70.9 Å². The number of likely N-dealkylation sites (tertiary alicyclic amines) is 1. The number of imidazole rings is 1. The predicted octanol–water partition coefficient (Wildman–Crippen LogP) is 6.78. The van der Waals surface area contributed by atoms with Crippen molar-refractivity contribution in [3.8, 4) is 11.5 Å². The van der Waals surface area contributed by atoms with E-state index in [0.29, 0.717) is 62.4 Å². The summed E-state index contributed by atoms with van der Waals surface area (Å²) < 4.78 is 22.0. The van der Waals surface area contributed by atoms with E-state index in [4.69, 9.17) is 24.3 Å². The van der Waals surface area contributed by atoms with E-state index in [1.807, 2.05) is 30.4 Å². The molecule has 1 atom stereocenters. The molecule has 3 aliphatic rings. The van der Waals surface area contributed by atoms with Crippen molar-refractivity contribution < 1.29 is 23.9 Å². The third-order valence-corrected chi connectivity index (χ3v) is 11.1. The van der Waals surface area contributed by atoms with Gasteiger partial charge in [0.2, 0.25) is 0 Å². The van der Waals surface area contributed by atoms with Crippen LogP contribution in [0.2, 0.25) is 25.7 Å². The SMILES string of the molecule is CC(C)(C)OC(=O)N1CCC(CN2Cc3nc(-c4nn(C5CCCCO5)c5ccc([N+](=O)[O-])cc45)n(COCC[Si](C)(C)C)c3C2)CC1. The maximum atomic E-state index is 12.6. The molecule has 1 unspecified atom stereocenters.